The lowest BCUT2D eigenvalue weighted by atomic mass is 10.1. The molecule has 1 aromatic heterocycles. The molecule has 0 spiro atoms. The van der Waals surface area contributed by atoms with Crippen molar-refractivity contribution < 1.29 is 28.6 Å². The summed E-state index contributed by atoms with van der Waals surface area (Å²) in [4.78, 5) is 25.1. The van der Waals surface area contributed by atoms with Crippen molar-refractivity contribution in [2.45, 2.75) is 44.1 Å². The zero-order valence-electron chi connectivity index (χ0n) is 17.8. The number of aliphatic hydroxyl groups excluding tert-OH is 1. The maximum atomic E-state index is 14.0. The van der Waals surface area contributed by atoms with E-state index in [1.54, 1.807) is 6.07 Å². The van der Waals surface area contributed by atoms with Crippen LogP contribution in [0.1, 0.15) is 45.8 Å². The molecule has 5 nitrogen and oxygen atoms in total. The summed E-state index contributed by atoms with van der Waals surface area (Å²) in [5.41, 5.74) is 3.60. The van der Waals surface area contributed by atoms with Crippen molar-refractivity contribution in [2.24, 2.45) is 0 Å². The number of hydrogen-bond acceptors (Lipinski definition) is 4. The van der Waals surface area contributed by atoms with Crippen molar-refractivity contribution in [1.82, 2.24) is 4.90 Å². The molecular formula is C25H23F2NO4S. The third kappa shape index (κ3) is 6.87. The molecule has 2 aromatic rings. The monoisotopic (exact) mass is 471 g/mol. The number of amides is 1. The third-order valence-corrected chi connectivity index (χ3v) is 6.10. The van der Waals surface area contributed by atoms with Gasteiger partial charge in [-0.05, 0) is 49.6 Å². The minimum absolute atomic E-state index is 0.0387. The normalized spacial score (nSPS) is 15.5. The first kappa shape index (κ1) is 24.4. The number of benzene rings is 1. The van der Waals surface area contributed by atoms with E-state index < -0.39 is 30.3 Å². The van der Waals surface area contributed by atoms with Crippen LogP contribution in [0.15, 0.2) is 60.0 Å². The van der Waals surface area contributed by atoms with E-state index in [1.807, 2.05) is 30.3 Å². The summed E-state index contributed by atoms with van der Waals surface area (Å²) in [6.07, 6.45) is 1.20. The lowest BCUT2D eigenvalue weighted by Gasteiger charge is -2.16. The standard InChI is InChI=1S/C25H23F2NO4S/c26-25(27)17-19(12-13-20(29)10-5-4-9-18-7-2-1-3-8-18)28(24(25)32)16-6-11-21-14-15-22(33-21)23(30)31/h1-3,7-8,13-15,20,29H,5-6,10-11,16-17H2,(H,30,31)/t12?,20-/m0/s1. The molecule has 1 aliphatic rings. The molecule has 0 aliphatic carbocycles. The van der Waals surface area contributed by atoms with Gasteiger partial charge in [0.2, 0.25) is 0 Å². The van der Waals surface area contributed by atoms with Crippen molar-refractivity contribution in [3.05, 3.63) is 75.3 Å². The van der Waals surface area contributed by atoms with Gasteiger partial charge in [0, 0.05) is 23.4 Å². The molecule has 0 saturated carbocycles. The number of carbonyl (C=O) groups excluding carboxylic acids is 1. The Balaban J connectivity index is 1.58. The molecule has 2 heterocycles. The smallest absolute Gasteiger partial charge is 0.345 e. The molecule has 3 rings (SSSR count). The van der Waals surface area contributed by atoms with Crippen LogP contribution in [0.3, 0.4) is 0 Å². The van der Waals surface area contributed by atoms with E-state index in [4.69, 9.17) is 5.11 Å². The van der Waals surface area contributed by atoms with Crippen LogP contribution >= 0.6 is 11.3 Å². The van der Waals surface area contributed by atoms with Crippen LogP contribution in [0.2, 0.25) is 0 Å². The predicted molar refractivity (Wildman–Crippen MR) is 121 cm³/mol. The van der Waals surface area contributed by atoms with Crippen molar-refractivity contribution in [2.75, 3.05) is 6.54 Å². The highest BCUT2D eigenvalue weighted by Crippen LogP contribution is 2.35. The zero-order valence-corrected chi connectivity index (χ0v) is 18.6. The average Bonchev–Trinajstić information content (AvgIpc) is 3.34. The molecule has 1 aliphatic heterocycles. The fourth-order valence-electron chi connectivity index (χ4n) is 3.29. The Morgan fingerprint density at radius 3 is 2.70 bits per heavy atom. The number of rotatable bonds is 8. The van der Waals surface area contributed by atoms with Gasteiger partial charge in [-0.25, -0.2) is 4.79 Å². The fourth-order valence-corrected chi connectivity index (χ4v) is 4.18. The van der Waals surface area contributed by atoms with Gasteiger partial charge in [-0.1, -0.05) is 30.0 Å². The molecule has 1 atom stereocenters. The molecule has 0 bridgehead atoms. The molecule has 33 heavy (non-hydrogen) atoms. The Morgan fingerprint density at radius 1 is 1.24 bits per heavy atom. The number of thiophene rings is 1. The summed E-state index contributed by atoms with van der Waals surface area (Å²) in [6, 6.07) is 12.6. The Hall–Kier alpha value is -3.24. The number of likely N-dealkylation sites (tertiary alicyclic amines) is 1. The second-order valence-electron chi connectivity index (χ2n) is 7.54. The molecule has 0 radical (unpaired) electrons. The number of hydrogen-bond donors (Lipinski definition) is 2. The van der Waals surface area contributed by atoms with Crippen molar-refractivity contribution in [3.8, 4) is 11.8 Å². The maximum absolute atomic E-state index is 14.0. The fraction of sp³-hybridized carbons (Fsp3) is 0.320. The van der Waals surface area contributed by atoms with Crippen molar-refractivity contribution >= 4 is 23.2 Å². The highest BCUT2D eigenvalue weighted by Gasteiger charge is 2.50. The largest absolute Gasteiger partial charge is 0.477 e. The van der Waals surface area contributed by atoms with Gasteiger partial charge in [0.25, 0.3) is 5.91 Å². The van der Waals surface area contributed by atoms with Crippen LogP contribution < -0.4 is 0 Å². The molecule has 2 N–H and O–H groups in total. The summed E-state index contributed by atoms with van der Waals surface area (Å²) in [7, 11) is 0. The van der Waals surface area contributed by atoms with Gasteiger partial charge in [0.05, 0.1) is 18.2 Å². The molecule has 0 unspecified atom stereocenters. The lowest BCUT2D eigenvalue weighted by molar-refractivity contribution is -0.147. The molecule has 1 aromatic carbocycles. The molecule has 1 saturated heterocycles. The number of carboxylic acid groups (broad SMARTS) is 1. The van der Waals surface area contributed by atoms with Crippen molar-refractivity contribution in [3.63, 3.8) is 0 Å². The van der Waals surface area contributed by atoms with E-state index in [-0.39, 0.29) is 17.1 Å². The average molecular weight is 472 g/mol. The van der Waals surface area contributed by atoms with Gasteiger partial charge in [0.15, 0.2) is 0 Å². The van der Waals surface area contributed by atoms with Gasteiger partial charge < -0.3 is 15.1 Å². The third-order valence-electron chi connectivity index (χ3n) is 4.96. The van der Waals surface area contributed by atoms with Crippen LogP contribution in [0.25, 0.3) is 0 Å². The second kappa shape index (κ2) is 11.1. The first-order valence-electron chi connectivity index (χ1n) is 10.5. The molecule has 1 fully saturated rings. The lowest BCUT2D eigenvalue weighted by Crippen LogP contribution is -2.33. The SMILES string of the molecule is O=C(O)c1ccc(CCCN2C(=O)C(F)(F)CC2=C=C[C@@H](O)CCC#Cc2ccccc2)s1. The van der Waals surface area contributed by atoms with Crippen LogP contribution in [0, 0.1) is 11.8 Å². The van der Waals surface area contributed by atoms with Crippen LogP contribution in [-0.4, -0.2) is 45.6 Å². The summed E-state index contributed by atoms with van der Waals surface area (Å²) in [6.45, 7) is 0.0591. The van der Waals surface area contributed by atoms with E-state index >= 15 is 0 Å². The Morgan fingerprint density at radius 2 is 2.00 bits per heavy atom. The van der Waals surface area contributed by atoms with Gasteiger partial charge in [0.1, 0.15) is 4.88 Å². The van der Waals surface area contributed by atoms with Gasteiger partial charge in [-0.3, -0.25) is 4.79 Å². The highest BCUT2D eigenvalue weighted by atomic mass is 32.1. The molecular weight excluding hydrogens is 448 g/mol. The van der Waals surface area contributed by atoms with Crippen LogP contribution in [0.4, 0.5) is 8.78 Å². The minimum atomic E-state index is -3.50. The summed E-state index contributed by atoms with van der Waals surface area (Å²) in [5.74, 6) is 0.147. The van der Waals surface area contributed by atoms with Crippen LogP contribution in [-0.2, 0) is 11.2 Å². The number of aryl methyl sites for hydroxylation is 1. The predicted octanol–water partition coefficient (Wildman–Crippen LogP) is 4.48. The summed E-state index contributed by atoms with van der Waals surface area (Å²) in [5, 5.41) is 19.1. The van der Waals surface area contributed by atoms with Crippen LogP contribution in [0.5, 0.6) is 0 Å². The zero-order chi connectivity index (χ0) is 23.8. The molecule has 8 heteroatoms. The van der Waals surface area contributed by atoms with E-state index in [0.717, 1.165) is 26.7 Å². The Bertz CT molecular complexity index is 1120. The number of halogens is 2. The maximum Gasteiger partial charge on any atom is 0.345 e. The number of aromatic carboxylic acids is 1. The number of aliphatic hydroxyl groups is 1. The molecule has 172 valence electrons. The van der Waals surface area contributed by atoms with E-state index in [0.29, 0.717) is 25.7 Å². The number of carbonyl (C=O) groups is 2. The highest BCUT2D eigenvalue weighted by molar-refractivity contribution is 7.13. The number of alkyl halides is 2. The summed E-state index contributed by atoms with van der Waals surface area (Å²) < 4.78 is 28.0. The Kier molecular flexibility index (Phi) is 8.18. The van der Waals surface area contributed by atoms with E-state index in [9.17, 15) is 23.5 Å². The second-order valence-corrected chi connectivity index (χ2v) is 8.71. The topological polar surface area (TPSA) is 77.8 Å². The summed E-state index contributed by atoms with van der Waals surface area (Å²) >= 11 is 1.12. The Labute approximate surface area is 194 Å². The first-order chi connectivity index (χ1) is 15.8. The number of carboxylic acids is 1. The minimum Gasteiger partial charge on any atom is -0.477 e. The molecule has 1 amide bonds. The van der Waals surface area contributed by atoms with E-state index in [2.05, 4.69) is 17.6 Å². The first-order valence-corrected chi connectivity index (χ1v) is 11.3. The van der Waals surface area contributed by atoms with Gasteiger partial charge in [-0.2, -0.15) is 8.78 Å². The van der Waals surface area contributed by atoms with Gasteiger partial charge in [-0.15, -0.1) is 17.1 Å². The van der Waals surface area contributed by atoms with Crippen molar-refractivity contribution in [1.29, 1.82) is 0 Å². The quantitative estimate of drug-likeness (QED) is 0.440. The van der Waals surface area contributed by atoms with Gasteiger partial charge >= 0.3 is 11.9 Å². The van der Waals surface area contributed by atoms with E-state index in [1.165, 1.54) is 12.1 Å². The number of nitrogens with zero attached hydrogens (tertiary/aromatic N) is 1.